The first-order valence-electron chi connectivity index (χ1n) is 2.87. The van der Waals surface area contributed by atoms with Crippen LogP contribution in [0.15, 0.2) is 29.2 Å². The molecular formula is C7H13NaO4S. The van der Waals surface area contributed by atoms with Gasteiger partial charge in [0.25, 0.3) is 0 Å². The second-order valence-electron chi connectivity index (χ2n) is 2.06. The van der Waals surface area contributed by atoms with E-state index < -0.39 is 11.1 Å². The van der Waals surface area contributed by atoms with E-state index in [1.54, 1.807) is 12.1 Å². The van der Waals surface area contributed by atoms with E-state index in [1.807, 2.05) is 19.1 Å². The Morgan fingerprint density at radius 3 is 1.85 bits per heavy atom. The number of benzene rings is 1. The van der Waals surface area contributed by atoms with Gasteiger partial charge in [-0.1, -0.05) is 17.7 Å². The summed E-state index contributed by atoms with van der Waals surface area (Å²) in [6, 6.07) is 6.91. The van der Waals surface area contributed by atoms with E-state index in [1.165, 1.54) is 0 Å². The molecule has 0 aliphatic heterocycles. The van der Waals surface area contributed by atoms with Crippen LogP contribution < -0.4 is 0 Å². The molecule has 1 aromatic carbocycles. The van der Waals surface area contributed by atoms with Crippen molar-refractivity contribution >= 4 is 40.6 Å². The molecule has 0 fully saturated rings. The molecule has 0 aromatic heterocycles. The van der Waals surface area contributed by atoms with Crippen molar-refractivity contribution in [2.24, 2.45) is 0 Å². The molecule has 0 spiro atoms. The molecule has 13 heavy (non-hydrogen) atoms. The van der Waals surface area contributed by atoms with Crippen LogP contribution in [0, 0.1) is 6.92 Å². The van der Waals surface area contributed by atoms with Gasteiger partial charge in [0.2, 0.25) is 0 Å². The standard InChI is InChI=1S/C7H8O2S.Na.2H2O.H/c1-6-2-4-7(5-3-6)10(8)9;;;;/h2-5H,1H3,(H,8,9);;2*1H2;. The summed E-state index contributed by atoms with van der Waals surface area (Å²) in [5.41, 5.74) is 1.09. The Kier molecular flexibility index (Phi) is 12.9. The normalized spacial score (nSPS) is 10.0. The molecule has 0 saturated heterocycles. The van der Waals surface area contributed by atoms with E-state index >= 15 is 0 Å². The van der Waals surface area contributed by atoms with Crippen LogP contribution in [0.1, 0.15) is 5.56 Å². The average molecular weight is 216 g/mol. The SMILES string of the molecule is Cc1ccc(S(=O)O)cc1.O.O.[NaH]. The third-order valence-corrected chi connectivity index (χ3v) is 1.90. The van der Waals surface area contributed by atoms with Crippen molar-refractivity contribution < 1.29 is 19.7 Å². The van der Waals surface area contributed by atoms with Crippen LogP contribution in [-0.4, -0.2) is 49.3 Å². The van der Waals surface area contributed by atoms with Crippen LogP contribution in [0.2, 0.25) is 0 Å². The molecule has 0 aliphatic carbocycles. The number of rotatable bonds is 1. The van der Waals surface area contributed by atoms with Gasteiger partial charge in [-0.25, -0.2) is 4.21 Å². The summed E-state index contributed by atoms with van der Waals surface area (Å²) in [5.74, 6) is 0. The van der Waals surface area contributed by atoms with E-state index in [9.17, 15) is 4.21 Å². The predicted molar refractivity (Wildman–Crippen MR) is 54.6 cm³/mol. The molecule has 4 nitrogen and oxygen atoms in total. The summed E-state index contributed by atoms with van der Waals surface area (Å²) >= 11 is -1.84. The van der Waals surface area contributed by atoms with Crippen LogP contribution in [0.25, 0.3) is 0 Å². The van der Waals surface area contributed by atoms with Gasteiger partial charge in [0.1, 0.15) is 0 Å². The fourth-order valence-electron chi connectivity index (χ4n) is 0.655. The third kappa shape index (κ3) is 6.34. The summed E-state index contributed by atoms with van der Waals surface area (Å²) < 4.78 is 19.0. The van der Waals surface area contributed by atoms with Crippen LogP contribution in [0.5, 0.6) is 0 Å². The van der Waals surface area contributed by atoms with E-state index in [0.717, 1.165) is 5.56 Å². The molecule has 1 atom stereocenters. The molecule has 0 amide bonds. The van der Waals surface area contributed by atoms with Crippen molar-refractivity contribution in [2.45, 2.75) is 11.8 Å². The Balaban J connectivity index is -0.000000333. The maximum absolute atomic E-state index is 10.4. The van der Waals surface area contributed by atoms with Crippen molar-refractivity contribution in [3.8, 4) is 0 Å². The van der Waals surface area contributed by atoms with Crippen molar-refractivity contribution in [3.63, 3.8) is 0 Å². The first-order valence-corrected chi connectivity index (χ1v) is 3.98. The van der Waals surface area contributed by atoms with Gasteiger partial charge in [0, 0.05) is 0 Å². The fourth-order valence-corrected chi connectivity index (χ4v) is 1.02. The average Bonchev–Trinajstić information content (AvgIpc) is 1.88. The van der Waals surface area contributed by atoms with Gasteiger partial charge in [-0.15, -0.1) is 0 Å². The number of hydrogen-bond donors (Lipinski definition) is 1. The first kappa shape index (κ1) is 18.9. The second-order valence-corrected chi connectivity index (χ2v) is 3.03. The van der Waals surface area contributed by atoms with Gasteiger partial charge in [0.05, 0.1) is 4.90 Å². The Morgan fingerprint density at radius 1 is 1.15 bits per heavy atom. The maximum atomic E-state index is 10.4. The molecule has 6 heteroatoms. The van der Waals surface area contributed by atoms with Crippen LogP contribution in [-0.2, 0) is 11.1 Å². The molecule has 0 saturated carbocycles. The molecule has 72 valence electrons. The summed E-state index contributed by atoms with van der Waals surface area (Å²) in [7, 11) is 0. The molecular weight excluding hydrogens is 203 g/mol. The molecule has 0 aliphatic rings. The number of hydrogen-bond acceptors (Lipinski definition) is 1. The predicted octanol–water partition coefficient (Wildman–Crippen LogP) is -0.722. The molecule has 1 unspecified atom stereocenters. The summed E-state index contributed by atoms with van der Waals surface area (Å²) in [4.78, 5) is 0.450. The third-order valence-electron chi connectivity index (χ3n) is 1.22. The van der Waals surface area contributed by atoms with E-state index in [4.69, 9.17) is 4.55 Å². The molecule has 0 radical (unpaired) electrons. The topological polar surface area (TPSA) is 100 Å². The monoisotopic (exact) mass is 216 g/mol. The fraction of sp³-hybridized carbons (Fsp3) is 0.143. The van der Waals surface area contributed by atoms with Crippen molar-refractivity contribution in [1.82, 2.24) is 0 Å². The molecule has 1 aromatic rings. The van der Waals surface area contributed by atoms with Crippen molar-refractivity contribution in [2.75, 3.05) is 0 Å². The molecule has 5 N–H and O–H groups in total. The van der Waals surface area contributed by atoms with E-state index in [0.29, 0.717) is 4.90 Å². The Morgan fingerprint density at radius 2 is 1.54 bits per heavy atom. The Bertz CT molecular complexity index is 249. The summed E-state index contributed by atoms with van der Waals surface area (Å²) in [6.07, 6.45) is 0. The zero-order valence-electron chi connectivity index (χ0n) is 6.57. The molecule has 0 heterocycles. The quantitative estimate of drug-likeness (QED) is 0.494. The van der Waals surface area contributed by atoms with Crippen LogP contribution in [0.3, 0.4) is 0 Å². The molecule has 1 rings (SSSR count). The van der Waals surface area contributed by atoms with Gasteiger partial charge < -0.3 is 15.5 Å². The summed E-state index contributed by atoms with van der Waals surface area (Å²) in [6.45, 7) is 1.93. The first-order chi connectivity index (χ1) is 4.70. The summed E-state index contributed by atoms with van der Waals surface area (Å²) in [5, 5.41) is 0. The number of aryl methyl sites for hydroxylation is 1. The Hall–Kier alpha value is 0.250. The molecule has 0 bridgehead atoms. The zero-order chi connectivity index (χ0) is 7.56. The van der Waals surface area contributed by atoms with Gasteiger partial charge >= 0.3 is 29.6 Å². The Labute approximate surface area is 102 Å². The minimum atomic E-state index is -1.84. The van der Waals surface area contributed by atoms with Gasteiger partial charge in [-0.05, 0) is 19.1 Å². The van der Waals surface area contributed by atoms with Crippen LogP contribution in [0.4, 0.5) is 0 Å². The van der Waals surface area contributed by atoms with Crippen molar-refractivity contribution in [3.05, 3.63) is 29.8 Å². The van der Waals surface area contributed by atoms with Gasteiger partial charge in [-0.2, -0.15) is 0 Å². The second kappa shape index (κ2) is 8.83. The van der Waals surface area contributed by atoms with E-state index in [-0.39, 0.29) is 40.5 Å². The van der Waals surface area contributed by atoms with Gasteiger partial charge in [0.15, 0.2) is 11.1 Å². The zero-order valence-corrected chi connectivity index (χ0v) is 7.39. The minimum absolute atomic E-state index is 0. The van der Waals surface area contributed by atoms with E-state index in [2.05, 4.69) is 0 Å². The van der Waals surface area contributed by atoms with Crippen molar-refractivity contribution in [1.29, 1.82) is 0 Å². The van der Waals surface area contributed by atoms with Gasteiger partial charge in [-0.3, -0.25) is 0 Å². The van der Waals surface area contributed by atoms with Crippen LogP contribution >= 0.6 is 0 Å².